The van der Waals surface area contributed by atoms with Gasteiger partial charge in [-0.3, -0.25) is 9.59 Å². The lowest BCUT2D eigenvalue weighted by atomic mass is 10.1. The van der Waals surface area contributed by atoms with E-state index in [-0.39, 0.29) is 29.7 Å². The van der Waals surface area contributed by atoms with Crippen molar-refractivity contribution in [3.8, 4) is 11.5 Å². The number of unbranched alkanes of at least 4 members (excludes halogenated alkanes) is 1. The van der Waals surface area contributed by atoms with Crippen LogP contribution in [0.1, 0.15) is 57.6 Å². The first kappa shape index (κ1) is 37.3. The summed E-state index contributed by atoms with van der Waals surface area (Å²) in [5.41, 5.74) is 7.00. The van der Waals surface area contributed by atoms with E-state index in [1.807, 2.05) is 0 Å². The van der Waals surface area contributed by atoms with Gasteiger partial charge in [-0.25, -0.2) is 4.79 Å². The van der Waals surface area contributed by atoms with Crippen LogP contribution in [0.2, 0.25) is 0 Å². The van der Waals surface area contributed by atoms with Gasteiger partial charge in [-0.2, -0.15) is 0 Å². The van der Waals surface area contributed by atoms with Gasteiger partial charge in [0.1, 0.15) is 23.1 Å². The highest BCUT2D eigenvalue weighted by Gasteiger charge is 2.24. The van der Waals surface area contributed by atoms with Gasteiger partial charge >= 0.3 is 6.09 Å². The quantitative estimate of drug-likeness (QED) is 0.102. The second-order valence-electron chi connectivity index (χ2n) is 12.0. The summed E-state index contributed by atoms with van der Waals surface area (Å²) in [6.45, 7) is 9.62. The fraction of sp³-hybridized carbons (Fsp3) is 0.545. The van der Waals surface area contributed by atoms with Crippen LogP contribution >= 0.6 is 0 Å². The number of hydrogen-bond acceptors (Lipinski definition) is 9. The van der Waals surface area contributed by atoms with Crippen LogP contribution in [-0.2, 0) is 27.2 Å². The lowest BCUT2D eigenvalue weighted by Gasteiger charge is -2.23. The monoisotopic (exact) mass is 628 g/mol. The van der Waals surface area contributed by atoms with Crippen LogP contribution in [0.3, 0.4) is 0 Å². The molecule has 0 spiro atoms. The zero-order chi connectivity index (χ0) is 33.1. The molecule has 0 heterocycles. The Hall–Kier alpha value is -3.87. The Bertz CT molecular complexity index is 1150. The first-order valence-corrected chi connectivity index (χ1v) is 15.7. The molecule has 0 unspecified atom stereocenters. The SMILES string of the molecule is CC(C)(C)OC(=O)N[C@@H](Cc1ccc(O)cc1)C(=O)NCCCNCCCCNCCCNC(=O)[C@@H](N)Cc1ccc(O)cc1. The number of hydrogen-bond donors (Lipinski definition) is 8. The fourth-order valence-electron chi connectivity index (χ4n) is 4.36. The molecule has 0 aliphatic carbocycles. The molecule has 0 aromatic heterocycles. The number of carbonyl (C=O) groups is 3. The van der Waals surface area contributed by atoms with Crippen LogP contribution in [0, 0.1) is 0 Å². The van der Waals surface area contributed by atoms with Crippen molar-refractivity contribution in [1.82, 2.24) is 26.6 Å². The number of nitrogens with one attached hydrogen (secondary N) is 5. The largest absolute Gasteiger partial charge is 0.508 e. The van der Waals surface area contributed by atoms with Crippen LogP contribution in [0.5, 0.6) is 11.5 Å². The van der Waals surface area contributed by atoms with Crippen LogP contribution in [0.4, 0.5) is 4.79 Å². The van der Waals surface area contributed by atoms with Crippen molar-refractivity contribution < 1.29 is 29.3 Å². The van der Waals surface area contributed by atoms with Crippen LogP contribution in [-0.4, -0.2) is 85.1 Å². The summed E-state index contributed by atoms with van der Waals surface area (Å²) in [7, 11) is 0. The predicted octanol–water partition coefficient (Wildman–Crippen LogP) is 2.08. The summed E-state index contributed by atoms with van der Waals surface area (Å²) < 4.78 is 5.32. The molecule has 2 atom stereocenters. The topological polar surface area (TPSA) is 187 Å². The maximum Gasteiger partial charge on any atom is 0.408 e. The molecule has 2 aromatic rings. The summed E-state index contributed by atoms with van der Waals surface area (Å²) in [4.78, 5) is 37.4. The molecule has 0 aliphatic rings. The molecule has 12 nitrogen and oxygen atoms in total. The van der Waals surface area contributed by atoms with Crippen molar-refractivity contribution in [2.24, 2.45) is 5.73 Å². The maximum absolute atomic E-state index is 12.9. The molecular weight excluding hydrogens is 576 g/mol. The van der Waals surface area contributed by atoms with Gasteiger partial charge in [0.2, 0.25) is 11.8 Å². The van der Waals surface area contributed by atoms with E-state index in [0.717, 1.165) is 63.0 Å². The predicted molar refractivity (Wildman–Crippen MR) is 175 cm³/mol. The van der Waals surface area contributed by atoms with E-state index >= 15 is 0 Å². The van der Waals surface area contributed by atoms with E-state index in [4.69, 9.17) is 10.5 Å². The second-order valence-corrected chi connectivity index (χ2v) is 12.0. The molecule has 3 amide bonds. The van der Waals surface area contributed by atoms with E-state index in [2.05, 4.69) is 26.6 Å². The Morgan fingerprint density at radius 2 is 1.13 bits per heavy atom. The van der Waals surface area contributed by atoms with E-state index < -0.39 is 23.8 Å². The van der Waals surface area contributed by atoms with Gasteiger partial charge in [-0.15, -0.1) is 0 Å². The number of rotatable bonds is 20. The van der Waals surface area contributed by atoms with E-state index in [1.165, 1.54) is 0 Å². The van der Waals surface area contributed by atoms with Gasteiger partial charge in [0.05, 0.1) is 6.04 Å². The number of aromatic hydroxyl groups is 2. The molecule has 2 aromatic carbocycles. The number of phenolic OH excluding ortho intramolecular Hbond substituents is 2. The Morgan fingerprint density at radius 3 is 1.62 bits per heavy atom. The lowest BCUT2D eigenvalue weighted by molar-refractivity contribution is -0.123. The molecule has 12 heteroatoms. The van der Waals surface area contributed by atoms with Gasteiger partial charge < -0.3 is 47.3 Å². The van der Waals surface area contributed by atoms with Crippen molar-refractivity contribution in [3.63, 3.8) is 0 Å². The van der Waals surface area contributed by atoms with Crippen LogP contribution in [0.15, 0.2) is 48.5 Å². The third-order valence-corrected chi connectivity index (χ3v) is 6.73. The highest BCUT2D eigenvalue weighted by molar-refractivity contribution is 5.86. The molecule has 0 bridgehead atoms. The van der Waals surface area contributed by atoms with Crippen molar-refractivity contribution >= 4 is 17.9 Å². The van der Waals surface area contributed by atoms with E-state index in [9.17, 15) is 24.6 Å². The van der Waals surface area contributed by atoms with Gasteiger partial charge in [-0.05, 0) is 114 Å². The second kappa shape index (κ2) is 20.2. The Morgan fingerprint density at radius 1 is 0.689 bits per heavy atom. The van der Waals surface area contributed by atoms with Gasteiger partial charge in [0.25, 0.3) is 0 Å². The maximum atomic E-state index is 12.9. The molecule has 0 fully saturated rings. The number of alkyl carbamates (subject to hydrolysis) is 1. The smallest absolute Gasteiger partial charge is 0.408 e. The summed E-state index contributed by atoms with van der Waals surface area (Å²) in [5, 5.41) is 34.1. The average molecular weight is 629 g/mol. The number of carbonyl (C=O) groups excluding carboxylic acids is 3. The minimum atomic E-state index is -0.810. The molecule has 0 saturated heterocycles. The summed E-state index contributed by atoms with van der Waals surface area (Å²) >= 11 is 0. The number of nitrogens with two attached hydrogens (primary N) is 1. The Kier molecular flexibility index (Phi) is 16.8. The number of amides is 3. The summed E-state index contributed by atoms with van der Waals surface area (Å²) in [6.07, 6.45) is 3.61. The number of benzene rings is 2. The molecule has 250 valence electrons. The Balaban J connectivity index is 1.50. The summed E-state index contributed by atoms with van der Waals surface area (Å²) in [6, 6.07) is 11.8. The highest BCUT2D eigenvalue weighted by atomic mass is 16.6. The molecule has 2 rings (SSSR count). The van der Waals surface area contributed by atoms with Crippen molar-refractivity contribution in [1.29, 1.82) is 0 Å². The first-order chi connectivity index (χ1) is 21.4. The molecule has 45 heavy (non-hydrogen) atoms. The number of ether oxygens (including phenoxy) is 1. The van der Waals surface area contributed by atoms with Gasteiger partial charge in [0.15, 0.2) is 0 Å². The molecule has 9 N–H and O–H groups in total. The average Bonchev–Trinajstić information content (AvgIpc) is 2.98. The summed E-state index contributed by atoms with van der Waals surface area (Å²) in [5.74, 6) is -0.159. The molecule has 0 saturated carbocycles. The van der Waals surface area contributed by atoms with Crippen LogP contribution < -0.4 is 32.3 Å². The number of phenols is 2. The van der Waals surface area contributed by atoms with Gasteiger partial charge in [-0.1, -0.05) is 24.3 Å². The molecule has 0 aliphatic heterocycles. The minimum Gasteiger partial charge on any atom is -0.508 e. The zero-order valence-electron chi connectivity index (χ0n) is 26.9. The van der Waals surface area contributed by atoms with Crippen molar-refractivity contribution in [3.05, 3.63) is 59.7 Å². The standard InChI is InChI=1S/C33H52N6O6/c1-33(2,3)45-32(44)39-29(23-25-10-14-27(41)15-11-25)31(43)38-21-7-19-36-17-5-4-16-35-18-6-20-37-30(42)28(34)22-24-8-12-26(40)13-9-24/h8-15,28-29,35-36,40-41H,4-7,16-23,34H2,1-3H3,(H,37,42)(H,38,43)(H,39,44)/t28-,29-/m0/s1. The highest BCUT2D eigenvalue weighted by Crippen LogP contribution is 2.13. The normalized spacial score (nSPS) is 12.6. The van der Waals surface area contributed by atoms with E-state index in [0.29, 0.717) is 19.5 Å². The zero-order valence-corrected chi connectivity index (χ0v) is 26.9. The Labute approximate surface area is 266 Å². The van der Waals surface area contributed by atoms with Gasteiger partial charge in [0, 0.05) is 19.5 Å². The molecular formula is C33H52N6O6. The fourth-order valence-corrected chi connectivity index (χ4v) is 4.36. The van der Waals surface area contributed by atoms with Crippen molar-refractivity contribution in [2.75, 3.05) is 39.3 Å². The minimum absolute atomic E-state index is 0.131. The van der Waals surface area contributed by atoms with Crippen LogP contribution in [0.25, 0.3) is 0 Å². The molecule has 0 radical (unpaired) electrons. The third kappa shape index (κ3) is 17.3. The lowest BCUT2D eigenvalue weighted by Crippen LogP contribution is -2.49. The first-order valence-electron chi connectivity index (χ1n) is 15.7. The van der Waals surface area contributed by atoms with Crippen molar-refractivity contribution in [2.45, 2.75) is 77.0 Å². The van der Waals surface area contributed by atoms with E-state index in [1.54, 1.807) is 69.3 Å². The third-order valence-electron chi connectivity index (χ3n) is 6.73.